The summed E-state index contributed by atoms with van der Waals surface area (Å²) in [7, 11) is 1.89. The fourth-order valence-electron chi connectivity index (χ4n) is 2.58. The largest absolute Gasteiger partial charge is 0.459 e. The van der Waals surface area contributed by atoms with Crippen LogP contribution in [0, 0.1) is 10.1 Å². The standard InChI is InChI=1S/C17H25N3O4S/c1-17(2,3)24-16(21)12-18(4)7-8-19-9-10-25-15-11-13(20(22)23)5-6-14(15)19/h5-6,11H,7-10,12H2,1-4H3. The minimum Gasteiger partial charge on any atom is -0.459 e. The number of non-ortho nitro benzene ring substituents is 1. The van der Waals surface area contributed by atoms with Crippen LogP contribution in [0.15, 0.2) is 23.1 Å². The van der Waals surface area contributed by atoms with Gasteiger partial charge in [0.05, 0.1) is 17.2 Å². The maximum Gasteiger partial charge on any atom is 0.320 e. The van der Waals surface area contributed by atoms with E-state index in [-0.39, 0.29) is 23.1 Å². The first kappa shape index (κ1) is 19.5. The predicted molar refractivity (Wildman–Crippen MR) is 99.4 cm³/mol. The zero-order valence-corrected chi connectivity index (χ0v) is 16.0. The van der Waals surface area contributed by atoms with E-state index in [1.807, 2.05) is 38.8 Å². The van der Waals surface area contributed by atoms with Crippen molar-refractivity contribution in [3.05, 3.63) is 28.3 Å². The molecule has 1 aromatic carbocycles. The number of carbonyl (C=O) groups excluding carboxylic acids is 1. The van der Waals surface area contributed by atoms with E-state index in [2.05, 4.69) is 4.90 Å². The number of benzene rings is 1. The first-order chi connectivity index (χ1) is 11.7. The first-order valence-corrected chi connectivity index (χ1v) is 9.21. The molecule has 0 aliphatic carbocycles. The summed E-state index contributed by atoms with van der Waals surface area (Å²) in [5, 5.41) is 10.9. The van der Waals surface area contributed by atoms with Crippen LogP contribution in [0.3, 0.4) is 0 Å². The number of thioether (sulfide) groups is 1. The van der Waals surface area contributed by atoms with E-state index in [1.54, 1.807) is 23.9 Å². The van der Waals surface area contributed by atoms with E-state index in [4.69, 9.17) is 4.74 Å². The summed E-state index contributed by atoms with van der Waals surface area (Å²) in [4.78, 5) is 27.5. The molecule has 1 aliphatic heterocycles. The van der Waals surface area contributed by atoms with Gasteiger partial charge in [0.1, 0.15) is 5.60 Å². The molecule has 0 saturated heterocycles. The van der Waals surface area contributed by atoms with Crippen LogP contribution in [-0.4, -0.2) is 60.4 Å². The number of nitrogens with zero attached hydrogens (tertiary/aromatic N) is 3. The highest BCUT2D eigenvalue weighted by molar-refractivity contribution is 7.99. The summed E-state index contributed by atoms with van der Waals surface area (Å²) in [5.41, 5.74) is 0.665. The molecule has 0 saturated carbocycles. The Bertz CT molecular complexity index is 645. The second-order valence-corrected chi connectivity index (χ2v) is 8.21. The zero-order valence-electron chi connectivity index (χ0n) is 15.2. The third-order valence-corrected chi connectivity index (χ3v) is 4.71. The molecule has 0 N–H and O–H groups in total. The number of hydrogen-bond donors (Lipinski definition) is 0. The van der Waals surface area contributed by atoms with Crippen LogP contribution in [0.1, 0.15) is 20.8 Å². The number of likely N-dealkylation sites (N-methyl/N-ethyl adjacent to an activating group) is 1. The highest BCUT2D eigenvalue weighted by atomic mass is 32.2. The van der Waals surface area contributed by atoms with Gasteiger partial charge in [0.15, 0.2) is 0 Å². The third-order valence-electron chi connectivity index (χ3n) is 3.68. The average molecular weight is 367 g/mol. The molecule has 8 heteroatoms. The molecule has 0 unspecified atom stereocenters. The Kier molecular flexibility index (Phi) is 6.29. The van der Waals surface area contributed by atoms with E-state index in [0.29, 0.717) is 6.54 Å². The summed E-state index contributed by atoms with van der Waals surface area (Å²) in [5.74, 6) is 0.657. The monoisotopic (exact) mass is 367 g/mol. The van der Waals surface area contributed by atoms with Gasteiger partial charge in [-0.2, -0.15) is 0 Å². The Morgan fingerprint density at radius 1 is 1.44 bits per heavy atom. The quantitative estimate of drug-likeness (QED) is 0.435. The van der Waals surface area contributed by atoms with Gasteiger partial charge in [-0.25, -0.2) is 0 Å². The van der Waals surface area contributed by atoms with Crippen molar-refractivity contribution in [2.24, 2.45) is 0 Å². The molecule has 0 bridgehead atoms. The van der Waals surface area contributed by atoms with Crippen LogP contribution in [0.4, 0.5) is 11.4 Å². The normalized spacial score (nSPS) is 14.4. The lowest BCUT2D eigenvalue weighted by Gasteiger charge is -2.32. The van der Waals surface area contributed by atoms with Crippen LogP contribution in [-0.2, 0) is 9.53 Å². The summed E-state index contributed by atoms with van der Waals surface area (Å²) < 4.78 is 5.33. The Labute approximate surface area is 152 Å². The number of anilines is 1. The molecule has 0 aromatic heterocycles. The molecule has 2 rings (SSSR count). The van der Waals surface area contributed by atoms with Crippen molar-refractivity contribution in [3.63, 3.8) is 0 Å². The molecule has 7 nitrogen and oxygen atoms in total. The lowest BCUT2D eigenvalue weighted by molar-refractivity contribution is -0.385. The summed E-state index contributed by atoms with van der Waals surface area (Å²) in [6, 6.07) is 4.99. The molecule has 0 fully saturated rings. The Hall–Kier alpha value is -1.80. The number of fused-ring (bicyclic) bond motifs is 1. The summed E-state index contributed by atoms with van der Waals surface area (Å²) in [6.07, 6.45) is 0. The highest BCUT2D eigenvalue weighted by Crippen LogP contribution is 2.36. The molecule has 0 radical (unpaired) electrons. The van der Waals surface area contributed by atoms with Crippen molar-refractivity contribution in [1.29, 1.82) is 0 Å². The van der Waals surface area contributed by atoms with Crippen LogP contribution in [0.25, 0.3) is 0 Å². The fourth-order valence-corrected chi connectivity index (χ4v) is 3.66. The summed E-state index contributed by atoms with van der Waals surface area (Å²) in [6.45, 7) is 8.15. The van der Waals surface area contributed by atoms with E-state index in [9.17, 15) is 14.9 Å². The molecule has 0 atom stereocenters. The van der Waals surface area contributed by atoms with Gasteiger partial charge in [0.2, 0.25) is 0 Å². The van der Waals surface area contributed by atoms with Crippen LogP contribution >= 0.6 is 11.8 Å². The van der Waals surface area contributed by atoms with Gasteiger partial charge in [0, 0.05) is 42.4 Å². The van der Waals surface area contributed by atoms with Gasteiger partial charge in [0.25, 0.3) is 5.69 Å². The third kappa shape index (κ3) is 5.89. The maximum atomic E-state index is 11.9. The minimum atomic E-state index is -0.477. The SMILES string of the molecule is CN(CCN1CCSc2cc([N+](=O)[O-])ccc21)CC(=O)OC(C)(C)C. The van der Waals surface area contributed by atoms with Crippen LogP contribution in [0.5, 0.6) is 0 Å². The molecular formula is C17H25N3O4S. The molecular weight excluding hydrogens is 342 g/mol. The Morgan fingerprint density at radius 3 is 2.80 bits per heavy atom. The molecule has 138 valence electrons. The second kappa shape index (κ2) is 8.05. The molecule has 1 aliphatic rings. The number of esters is 1. The van der Waals surface area contributed by atoms with Crippen molar-refractivity contribution in [2.45, 2.75) is 31.3 Å². The van der Waals surface area contributed by atoms with Crippen molar-refractivity contribution in [1.82, 2.24) is 4.90 Å². The van der Waals surface area contributed by atoms with E-state index >= 15 is 0 Å². The molecule has 0 amide bonds. The summed E-state index contributed by atoms with van der Waals surface area (Å²) >= 11 is 1.64. The minimum absolute atomic E-state index is 0.121. The second-order valence-electron chi connectivity index (χ2n) is 7.07. The first-order valence-electron chi connectivity index (χ1n) is 8.22. The zero-order chi connectivity index (χ0) is 18.6. The molecule has 25 heavy (non-hydrogen) atoms. The van der Waals surface area contributed by atoms with Gasteiger partial charge < -0.3 is 9.64 Å². The fraction of sp³-hybridized carbons (Fsp3) is 0.588. The van der Waals surface area contributed by atoms with E-state index in [1.165, 1.54) is 0 Å². The molecule has 0 spiro atoms. The van der Waals surface area contributed by atoms with Crippen molar-refractivity contribution in [3.8, 4) is 0 Å². The predicted octanol–water partition coefficient (Wildman–Crippen LogP) is 2.78. The van der Waals surface area contributed by atoms with Crippen molar-refractivity contribution < 1.29 is 14.5 Å². The molecule has 1 aromatic rings. The number of nitro benzene ring substituents is 1. The van der Waals surface area contributed by atoms with Gasteiger partial charge in [-0.15, -0.1) is 11.8 Å². The van der Waals surface area contributed by atoms with Crippen LogP contribution in [0.2, 0.25) is 0 Å². The lowest BCUT2D eigenvalue weighted by Crippen LogP contribution is -2.39. The number of hydrogen-bond acceptors (Lipinski definition) is 7. The van der Waals surface area contributed by atoms with Gasteiger partial charge in [-0.1, -0.05) is 0 Å². The highest BCUT2D eigenvalue weighted by Gasteiger charge is 2.21. The number of nitro groups is 1. The molecule has 1 heterocycles. The lowest BCUT2D eigenvalue weighted by atomic mass is 10.2. The smallest absolute Gasteiger partial charge is 0.320 e. The Balaban J connectivity index is 1.92. The average Bonchev–Trinajstić information content (AvgIpc) is 2.50. The van der Waals surface area contributed by atoms with Gasteiger partial charge in [-0.05, 0) is 33.9 Å². The maximum absolute atomic E-state index is 11.9. The van der Waals surface area contributed by atoms with Crippen molar-refractivity contribution in [2.75, 3.05) is 43.9 Å². The topological polar surface area (TPSA) is 75.9 Å². The number of rotatable bonds is 6. The van der Waals surface area contributed by atoms with E-state index in [0.717, 1.165) is 29.4 Å². The van der Waals surface area contributed by atoms with Crippen LogP contribution < -0.4 is 4.90 Å². The number of carbonyl (C=O) groups is 1. The van der Waals surface area contributed by atoms with Gasteiger partial charge in [-0.3, -0.25) is 19.8 Å². The van der Waals surface area contributed by atoms with Crippen molar-refractivity contribution >= 4 is 29.1 Å². The van der Waals surface area contributed by atoms with Gasteiger partial charge >= 0.3 is 5.97 Å². The van der Waals surface area contributed by atoms with E-state index < -0.39 is 5.60 Å². The Morgan fingerprint density at radius 2 is 2.16 bits per heavy atom. The number of ether oxygens (including phenoxy) is 1.